The molecule has 1 aliphatic rings. The van der Waals surface area contributed by atoms with Crippen molar-refractivity contribution in [3.63, 3.8) is 0 Å². The van der Waals surface area contributed by atoms with Crippen LogP contribution in [0.4, 0.5) is 13.2 Å². The van der Waals surface area contributed by atoms with E-state index in [2.05, 4.69) is 5.32 Å². The lowest BCUT2D eigenvalue weighted by Crippen LogP contribution is -2.34. The van der Waals surface area contributed by atoms with Crippen molar-refractivity contribution < 1.29 is 17.6 Å². The molecule has 1 aromatic heterocycles. The Kier molecular flexibility index (Phi) is 4.55. The average Bonchev–Trinajstić information content (AvgIpc) is 2.89. The predicted octanol–water partition coefficient (Wildman–Crippen LogP) is 4.30. The fourth-order valence-corrected chi connectivity index (χ4v) is 3.01. The van der Waals surface area contributed by atoms with Crippen LogP contribution >= 0.6 is 0 Å². The van der Waals surface area contributed by atoms with Gasteiger partial charge in [-0.05, 0) is 44.2 Å². The third-order valence-electron chi connectivity index (χ3n) is 4.03. The van der Waals surface area contributed by atoms with Gasteiger partial charge in [0.25, 0.3) is 0 Å². The molecule has 0 radical (unpaired) electrons. The molecule has 0 aliphatic heterocycles. The second-order valence-corrected chi connectivity index (χ2v) is 5.25. The van der Waals surface area contributed by atoms with E-state index < -0.39 is 12.1 Å². The molecule has 1 fully saturated rings. The zero-order valence-corrected chi connectivity index (χ0v) is 11.0. The Bertz CT molecular complexity index is 367. The van der Waals surface area contributed by atoms with E-state index in [-0.39, 0.29) is 24.8 Å². The molecule has 1 saturated carbocycles. The Morgan fingerprint density at radius 1 is 1.32 bits per heavy atom. The highest BCUT2D eigenvalue weighted by molar-refractivity contribution is 5.13. The predicted molar refractivity (Wildman–Crippen MR) is 66.6 cm³/mol. The third-order valence-corrected chi connectivity index (χ3v) is 4.03. The molecule has 1 N–H and O–H groups in total. The van der Waals surface area contributed by atoms with Crippen LogP contribution < -0.4 is 5.32 Å². The maximum Gasteiger partial charge on any atom is 0.391 e. The number of hydrogen-bond acceptors (Lipinski definition) is 2. The standard InChI is InChI=1S/C14H20F3NO/c1-2-18-13(11-7-8-19-9-11)10-3-5-12(6-4-10)14(15,16)17/h7-10,12-13,18H,2-6H2,1H3. The Morgan fingerprint density at radius 2 is 2.00 bits per heavy atom. The highest BCUT2D eigenvalue weighted by atomic mass is 19.4. The van der Waals surface area contributed by atoms with E-state index in [4.69, 9.17) is 4.42 Å². The Labute approximate surface area is 111 Å². The van der Waals surface area contributed by atoms with Crippen molar-refractivity contribution in [1.29, 1.82) is 0 Å². The number of furan rings is 1. The molecule has 1 unspecified atom stereocenters. The molecule has 108 valence electrons. The average molecular weight is 275 g/mol. The maximum atomic E-state index is 12.7. The smallest absolute Gasteiger partial charge is 0.391 e. The molecule has 1 atom stereocenters. The summed E-state index contributed by atoms with van der Waals surface area (Å²) in [7, 11) is 0. The molecule has 1 aliphatic carbocycles. The van der Waals surface area contributed by atoms with Crippen LogP contribution in [0.2, 0.25) is 0 Å². The summed E-state index contributed by atoms with van der Waals surface area (Å²) in [6.45, 7) is 2.81. The normalized spacial score (nSPS) is 26.3. The van der Waals surface area contributed by atoms with E-state index in [9.17, 15) is 13.2 Å². The summed E-state index contributed by atoms with van der Waals surface area (Å²) < 4.78 is 43.1. The minimum atomic E-state index is -4.03. The van der Waals surface area contributed by atoms with Gasteiger partial charge in [-0.15, -0.1) is 0 Å². The highest BCUT2D eigenvalue weighted by Crippen LogP contribution is 2.43. The minimum Gasteiger partial charge on any atom is -0.472 e. The van der Waals surface area contributed by atoms with Gasteiger partial charge in [0, 0.05) is 11.6 Å². The van der Waals surface area contributed by atoms with Crippen LogP contribution in [0.5, 0.6) is 0 Å². The number of hydrogen-bond donors (Lipinski definition) is 1. The van der Waals surface area contributed by atoms with Crippen molar-refractivity contribution in [3.05, 3.63) is 24.2 Å². The van der Waals surface area contributed by atoms with Gasteiger partial charge >= 0.3 is 6.18 Å². The molecule has 2 nitrogen and oxygen atoms in total. The van der Waals surface area contributed by atoms with Gasteiger partial charge in [0.2, 0.25) is 0 Å². The van der Waals surface area contributed by atoms with Crippen LogP contribution in [0.1, 0.15) is 44.2 Å². The van der Waals surface area contributed by atoms with E-state index >= 15 is 0 Å². The summed E-state index contributed by atoms with van der Waals surface area (Å²) in [5, 5.41) is 3.37. The first-order valence-corrected chi connectivity index (χ1v) is 6.84. The zero-order valence-electron chi connectivity index (χ0n) is 11.0. The van der Waals surface area contributed by atoms with Crippen LogP contribution in [0.3, 0.4) is 0 Å². The Morgan fingerprint density at radius 3 is 2.47 bits per heavy atom. The van der Waals surface area contributed by atoms with Crippen molar-refractivity contribution in [1.82, 2.24) is 5.32 Å². The first-order valence-electron chi connectivity index (χ1n) is 6.84. The summed E-state index contributed by atoms with van der Waals surface area (Å²) in [4.78, 5) is 0. The first kappa shape index (κ1) is 14.4. The SMILES string of the molecule is CCNC(c1ccoc1)C1CCC(C(F)(F)F)CC1. The lowest BCUT2D eigenvalue weighted by molar-refractivity contribution is -0.184. The summed E-state index contributed by atoms with van der Waals surface area (Å²) in [6.07, 6.45) is 0.986. The van der Waals surface area contributed by atoms with E-state index in [1.54, 1.807) is 12.5 Å². The molecular weight excluding hydrogens is 255 g/mol. The first-order chi connectivity index (χ1) is 9.02. The van der Waals surface area contributed by atoms with Crippen LogP contribution in [0, 0.1) is 11.8 Å². The monoisotopic (exact) mass is 275 g/mol. The largest absolute Gasteiger partial charge is 0.472 e. The van der Waals surface area contributed by atoms with Gasteiger partial charge in [-0.2, -0.15) is 13.2 Å². The number of rotatable bonds is 4. The van der Waals surface area contributed by atoms with E-state index in [1.165, 1.54) is 0 Å². The molecule has 1 heterocycles. The lowest BCUT2D eigenvalue weighted by Gasteiger charge is -2.34. The topological polar surface area (TPSA) is 25.2 Å². The van der Waals surface area contributed by atoms with Gasteiger partial charge in [-0.1, -0.05) is 6.92 Å². The maximum absolute atomic E-state index is 12.7. The lowest BCUT2D eigenvalue weighted by atomic mass is 9.77. The fourth-order valence-electron chi connectivity index (χ4n) is 3.01. The van der Waals surface area contributed by atoms with Crippen LogP contribution in [0.15, 0.2) is 23.0 Å². The summed E-state index contributed by atoms with van der Waals surface area (Å²) in [6, 6.07) is 2.00. The summed E-state index contributed by atoms with van der Waals surface area (Å²) in [5.74, 6) is -0.855. The van der Waals surface area contributed by atoms with Gasteiger partial charge in [0.1, 0.15) is 0 Å². The van der Waals surface area contributed by atoms with Crippen LogP contribution in [0.25, 0.3) is 0 Å². The van der Waals surface area contributed by atoms with Crippen molar-refractivity contribution in [3.8, 4) is 0 Å². The molecule has 19 heavy (non-hydrogen) atoms. The van der Waals surface area contributed by atoms with Crippen LogP contribution in [-0.2, 0) is 0 Å². The number of nitrogens with one attached hydrogen (secondary N) is 1. The molecule has 2 rings (SSSR count). The molecule has 1 aromatic rings. The van der Waals surface area contributed by atoms with Crippen molar-refractivity contribution in [2.45, 2.75) is 44.8 Å². The van der Waals surface area contributed by atoms with E-state index in [1.807, 2.05) is 13.0 Å². The van der Waals surface area contributed by atoms with Gasteiger partial charge in [-0.3, -0.25) is 0 Å². The molecule has 0 spiro atoms. The second kappa shape index (κ2) is 5.99. The number of halogens is 3. The minimum absolute atomic E-state index is 0.109. The molecule has 0 bridgehead atoms. The van der Waals surface area contributed by atoms with Gasteiger partial charge in [0.15, 0.2) is 0 Å². The van der Waals surface area contributed by atoms with Crippen molar-refractivity contribution in [2.75, 3.05) is 6.54 Å². The van der Waals surface area contributed by atoms with Crippen molar-refractivity contribution in [2.24, 2.45) is 11.8 Å². The van der Waals surface area contributed by atoms with Gasteiger partial charge in [-0.25, -0.2) is 0 Å². The number of alkyl halides is 3. The van der Waals surface area contributed by atoms with Gasteiger partial charge < -0.3 is 9.73 Å². The van der Waals surface area contributed by atoms with Gasteiger partial charge in [0.05, 0.1) is 18.4 Å². The van der Waals surface area contributed by atoms with E-state index in [0.29, 0.717) is 12.8 Å². The molecule has 0 amide bonds. The summed E-state index contributed by atoms with van der Waals surface area (Å²) >= 11 is 0. The quantitative estimate of drug-likeness (QED) is 0.886. The fraction of sp³-hybridized carbons (Fsp3) is 0.714. The van der Waals surface area contributed by atoms with Crippen molar-refractivity contribution >= 4 is 0 Å². The molecule has 5 heteroatoms. The zero-order chi connectivity index (χ0) is 13.9. The Hall–Kier alpha value is -0.970. The molecule has 0 aromatic carbocycles. The highest BCUT2D eigenvalue weighted by Gasteiger charge is 2.42. The summed E-state index contributed by atoms with van der Waals surface area (Å²) in [5.41, 5.74) is 1.04. The van der Waals surface area contributed by atoms with Crippen LogP contribution in [-0.4, -0.2) is 12.7 Å². The molecule has 0 saturated heterocycles. The molecular formula is C14H20F3NO. The Balaban J connectivity index is 1.98. The second-order valence-electron chi connectivity index (χ2n) is 5.25. The van der Waals surface area contributed by atoms with E-state index in [0.717, 1.165) is 12.1 Å². The third kappa shape index (κ3) is 3.53.